The Labute approximate surface area is 159 Å². The molecule has 1 atom stereocenters. The minimum Gasteiger partial charge on any atom is -0.370 e. The van der Waals surface area contributed by atoms with E-state index in [4.69, 9.17) is 16.3 Å². The topological polar surface area (TPSA) is 59.4 Å². The number of carbonyl (C=O) groups excluding carboxylic acids is 1. The van der Waals surface area contributed by atoms with Gasteiger partial charge < -0.3 is 15.0 Å². The van der Waals surface area contributed by atoms with Crippen molar-refractivity contribution in [3.63, 3.8) is 0 Å². The maximum Gasteiger partial charge on any atom is 0.317 e. The van der Waals surface area contributed by atoms with Crippen LogP contribution in [-0.2, 0) is 11.3 Å². The standard InChI is InChI=1S/C19H25ClN4O2/c1-14-12-15(2)24(22-14)9-3-8-21-19(25)23-10-11-26-18(13-23)16-4-6-17(20)7-5-16/h4-7,12,18H,3,8-11,13H2,1-2H3,(H,21,25). The number of nitrogens with zero attached hydrogens (tertiary/aromatic N) is 3. The molecule has 1 saturated heterocycles. The lowest BCUT2D eigenvalue weighted by Crippen LogP contribution is -2.47. The molecule has 0 bridgehead atoms. The predicted octanol–water partition coefficient (Wildman–Crippen LogP) is 3.33. The first-order chi connectivity index (χ1) is 12.5. The number of nitrogens with one attached hydrogen (secondary N) is 1. The highest BCUT2D eigenvalue weighted by atomic mass is 35.5. The summed E-state index contributed by atoms with van der Waals surface area (Å²) in [6.07, 6.45) is 0.736. The fraction of sp³-hybridized carbons (Fsp3) is 0.474. The number of benzene rings is 1. The molecule has 3 rings (SSSR count). The van der Waals surface area contributed by atoms with E-state index in [0.717, 1.165) is 29.9 Å². The highest BCUT2D eigenvalue weighted by Crippen LogP contribution is 2.23. The Hall–Kier alpha value is -2.05. The third-order valence-electron chi connectivity index (χ3n) is 4.52. The number of halogens is 1. The van der Waals surface area contributed by atoms with Gasteiger partial charge in [-0.25, -0.2) is 4.79 Å². The molecule has 2 heterocycles. The van der Waals surface area contributed by atoms with Crippen molar-refractivity contribution < 1.29 is 9.53 Å². The Bertz CT molecular complexity index is 744. The lowest BCUT2D eigenvalue weighted by atomic mass is 10.1. The number of morpholine rings is 1. The molecule has 1 unspecified atom stereocenters. The second-order valence-electron chi connectivity index (χ2n) is 6.59. The monoisotopic (exact) mass is 376 g/mol. The van der Waals surface area contributed by atoms with Crippen LogP contribution in [0.2, 0.25) is 5.02 Å². The number of aryl methyl sites for hydroxylation is 3. The van der Waals surface area contributed by atoms with E-state index in [9.17, 15) is 4.79 Å². The second kappa shape index (κ2) is 8.56. The fourth-order valence-electron chi connectivity index (χ4n) is 3.15. The Balaban J connectivity index is 1.45. The molecule has 6 nitrogen and oxygen atoms in total. The third-order valence-corrected chi connectivity index (χ3v) is 4.77. The Kier molecular flexibility index (Phi) is 6.16. The van der Waals surface area contributed by atoms with Gasteiger partial charge in [-0.3, -0.25) is 4.68 Å². The molecule has 0 saturated carbocycles. The smallest absolute Gasteiger partial charge is 0.317 e. The average molecular weight is 377 g/mol. The molecule has 0 spiro atoms. The molecule has 1 aromatic heterocycles. The van der Waals surface area contributed by atoms with E-state index in [2.05, 4.69) is 16.5 Å². The van der Waals surface area contributed by atoms with Crippen LogP contribution in [0.3, 0.4) is 0 Å². The zero-order valence-corrected chi connectivity index (χ0v) is 16.0. The van der Waals surface area contributed by atoms with Crippen LogP contribution >= 0.6 is 11.6 Å². The summed E-state index contributed by atoms with van der Waals surface area (Å²) in [4.78, 5) is 14.2. The summed E-state index contributed by atoms with van der Waals surface area (Å²) in [5.74, 6) is 0. The molecule has 7 heteroatoms. The fourth-order valence-corrected chi connectivity index (χ4v) is 3.28. The number of urea groups is 1. The molecule has 1 aliphatic rings. The highest BCUT2D eigenvalue weighted by Gasteiger charge is 2.25. The Morgan fingerprint density at radius 3 is 2.81 bits per heavy atom. The SMILES string of the molecule is Cc1cc(C)n(CCCNC(=O)N2CCOC(c3ccc(Cl)cc3)C2)n1. The predicted molar refractivity (Wildman–Crippen MR) is 101 cm³/mol. The van der Waals surface area contributed by atoms with E-state index in [-0.39, 0.29) is 12.1 Å². The molecular formula is C19H25ClN4O2. The third kappa shape index (κ3) is 4.77. The number of amides is 2. The number of carbonyl (C=O) groups is 1. The van der Waals surface area contributed by atoms with E-state index in [1.165, 1.54) is 0 Å². The lowest BCUT2D eigenvalue weighted by molar-refractivity contribution is -0.0154. The number of ether oxygens (including phenoxy) is 1. The zero-order chi connectivity index (χ0) is 18.5. The minimum atomic E-state index is -0.110. The number of rotatable bonds is 5. The van der Waals surface area contributed by atoms with Gasteiger partial charge in [-0.05, 0) is 44.0 Å². The van der Waals surface area contributed by atoms with Gasteiger partial charge in [-0.2, -0.15) is 5.10 Å². The Morgan fingerprint density at radius 1 is 1.35 bits per heavy atom. The highest BCUT2D eigenvalue weighted by molar-refractivity contribution is 6.30. The summed E-state index contributed by atoms with van der Waals surface area (Å²) in [5, 5.41) is 8.13. The first-order valence-corrected chi connectivity index (χ1v) is 9.31. The van der Waals surface area contributed by atoms with Gasteiger partial charge in [0.05, 0.1) is 18.8 Å². The molecule has 140 valence electrons. The van der Waals surface area contributed by atoms with Gasteiger partial charge >= 0.3 is 6.03 Å². The molecule has 0 radical (unpaired) electrons. The van der Waals surface area contributed by atoms with E-state index in [0.29, 0.717) is 31.3 Å². The van der Waals surface area contributed by atoms with Gasteiger partial charge in [0.2, 0.25) is 0 Å². The van der Waals surface area contributed by atoms with E-state index < -0.39 is 0 Å². The van der Waals surface area contributed by atoms with Crippen LogP contribution < -0.4 is 5.32 Å². The van der Waals surface area contributed by atoms with Gasteiger partial charge in [-0.1, -0.05) is 23.7 Å². The largest absolute Gasteiger partial charge is 0.370 e. The molecule has 1 N–H and O–H groups in total. The quantitative estimate of drug-likeness (QED) is 0.814. The van der Waals surface area contributed by atoms with E-state index in [1.54, 1.807) is 0 Å². The number of hydrogen-bond acceptors (Lipinski definition) is 3. The average Bonchev–Trinajstić information content (AvgIpc) is 2.96. The minimum absolute atomic E-state index is 0.0411. The maximum atomic E-state index is 12.4. The first-order valence-electron chi connectivity index (χ1n) is 8.94. The Morgan fingerprint density at radius 2 is 2.12 bits per heavy atom. The first kappa shape index (κ1) is 18.7. The van der Waals surface area contributed by atoms with Crippen LogP contribution in [0.4, 0.5) is 4.79 Å². The van der Waals surface area contributed by atoms with Crippen molar-refractivity contribution >= 4 is 17.6 Å². The van der Waals surface area contributed by atoms with Gasteiger partial charge in [0, 0.05) is 30.4 Å². The summed E-state index contributed by atoms with van der Waals surface area (Å²) in [5.41, 5.74) is 3.21. The van der Waals surface area contributed by atoms with E-state index >= 15 is 0 Å². The lowest BCUT2D eigenvalue weighted by Gasteiger charge is -2.33. The molecule has 26 heavy (non-hydrogen) atoms. The van der Waals surface area contributed by atoms with Crippen molar-refractivity contribution in [2.24, 2.45) is 0 Å². The normalized spacial score (nSPS) is 17.3. The molecule has 2 amide bonds. The molecular weight excluding hydrogens is 352 g/mol. The second-order valence-corrected chi connectivity index (χ2v) is 7.03. The number of aromatic nitrogens is 2. The van der Waals surface area contributed by atoms with Crippen LogP contribution in [0.15, 0.2) is 30.3 Å². The van der Waals surface area contributed by atoms with Crippen LogP contribution in [0.25, 0.3) is 0 Å². The van der Waals surface area contributed by atoms with Gasteiger partial charge in [0.15, 0.2) is 0 Å². The molecule has 0 aliphatic carbocycles. The van der Waals surface area contributed by atoms with Gasteiger partial charge in [0.1, 0.15) is 6.10 Å². The maximum absolute atomic E-state index is 12.4. The summed E-state index contributed by atoms with van der Waals surface area (Å²) in [6, 6.07) is 9.60. The molecule has 2 aromatic rings. The molecule has 1 aliphatic heterocycles. The molecule has 1 fully saturated rings. The zero-order valence-electron chi connectivity index (χ0n) is 15.2. The van der Waals surface area contributed by atoms with Crippen molar-refractivity contribution in [3.05, 3.63) is 52.3 Å². The van der Waals surface area contributed by atoms with Crippen LogP contribution in [-0.4, -0.2) is 47.0 Å². The van der Waals surface area contributed by atoms with Crippen molar-refractivity contribution in [1.29, 1.82) is 0 Å². The van der Waals surface area contributed by atoms with Crippen molar-refractivity contribution in [2.45, 2.75) is 32.9 Å². The van der Waals surface area contributed by atoms with Crippen molar-refractivity contribution in [3.8, 4) is 0 Å². The van der Waals surface area contributed by atoms with Crippen molar-refractivity contribution in [2.75, 3.05) is 26.2 Å². The summed E-state index contributed by atoms with van der Waals surface area (Å²) in [6.45, 7) is 7.14. The van der Waals surface area contributed by atoms with Crippen LogP contribution in [0.1, 0.15) is 29.5 Å². The summed E-state index contributed by atoms with van der Waals surface area (Å²) in [7, 11) is 0. The number of hydrogen-bond donors (Lipinski definition) is 1. The molecule has 1 aromatic carbocycles. The van der Waals surface area contributed by atoms with Gasteiger partial charge in [0.25, 0.3) is 0 Å². The summed E-state index contributed by atoms with van der Waals surface area (Å²) >= 11 is 5.93. The van der Waals surface area contributed by atoms with Crippen LogP contribution in [0.5, 0.6) is 0 Å². The van der Waals surface area contributed by atoms with Gasteiger partial charge in [-0.15, -0.1) is 0 Å². The van der Waals surface area contributed by atoms with Crippen molar-refractivity contribution in [1.82, 2.24) is 20.0 Å². The van der Waals surface area contributed by atoms with E-state index in [1.807, 2.05) is 47.7 Å². The summed E-state index contributed by atoms with van der Waals surface area (Å²) < 4.78 is 7.79. The van der Waals surface area contributed by atoms with Crippen LogP contribution in [0, 0.1) is 13.8 Å².